The molecule has 3 rings (SSSR count). The lowest BCUT2D eigenvalue weighted by molar-refractivity contribution is 0.415. The fourth-order valence-electron chi connectivity index (χ4n) is 2.84. The van der Waals surface area contributed by atoms with Gasteiger partial charge in [-0.2, -0.15) is 0 Å². The van der Waals surface area contributed by atoms with Crippen molar-refractivity contribution in [2.75, 3.05) is 16.6 Å². The molecule has 31 heavy (non-hydrogen) atoms. The number of nitrogens with one attached hydrogen (secondary N) is 2. The van der Waals surface area contributed by atoms with Crippen molar-refractivity contribution in [3.8, 4) is 5.75 Å². The highest BCUT2D eigenvalue weighted by Gasteiger charge is 2.20. The molecule has 0 amide bonds. The van der Waals surface area contributed by atoms with E-state index in [0.29, 0.717) is 17.0 Å². The summed E-state index contributed by atoms with van der Waals surface area (Å²) in [5.41, 5.74) is 2.97. The molecule has 3 aromatic carbocycles. The molecule has 2 N–H and O–H groups in total. The maximum absolute atomic E-state index is 12.8. The number of hydrogen-bond donors (Lipinski definition) is 2. The zero-order chi connectivity index (χ0) is 22.8. The van der Waals surface area contributed by atoms with Gasteiger partial charge in [0.2, 0.25) is 0 Å². The maximum Gasteiger partial charge on any atom is 0.261 e. The summed E-state index contributed by atoms with van der Waals surface area (Å²) in [4.78, 5) is 0.0475. The Kier molecular flexibility index (Phi) is 6.28. The molecule has 0 saturated heterocycles. The molecule has 0 heterocycles. The molecule has 0 unspecified atom stereocenters. The molecule has 0 aliphatic carbocycles. The van der Waals surface area contributed by atoms with E-state index in [4.69, 9.17) is 4.74 Å². The van der Waals surface area contributed by atoms with Gasteiger partial charge in [-0.15, -0.1) is 0 Å². The third kappa shape index (κ3) is 5.18. The Hall–Kier alpha value is -3.04. The second kappa shape index (κ2) is 8.60. The van der Waals surface area contributed by atoms with Gasteiger partial charge in [-0.3, -0.25) is 9.44 Å². The molecule has 0 aromatic heterocycles. The number of ether oxygens (including phenoxy) is 1. The molecule has 3 aromatic rings. The third-order valence-electron chi connectivity index (χ3n) is 4.89. The van der Waals surface area contributed by atoms with Gasteiger partial charge in [-0.25, -0.2) is 16.8 Å². The monoisotopic (exact) mass is 460 g/mol. The lowest BCUT2D eigenvalue weighted by Crippen LogP contribution is -2.16. The van der Waals surface area contributed by atoms with E-state index >= 15 is 0 Å². The van der Waals surface area contributed by atoms with Crippen LogP contribution < -0.4 is 14.2 Å². The smallest absolute Gasteiger partial charge is 0.261 e. The molecule has 0 spiro atoms. The summed E-state index contributed by atoms with van der Waals surface area (Å²) in [7, 11) is -6.29. The first-order valence-corrected chi connectivity index (χ1v) is 12.4. The van der Waals surface area contributed by atoms with Gasteiger partial charge in [-0.05, 0) is 86.0 Å². The van der Waals surface area contributed by atoms with Crippen LogP contribution >= 0.6 is 0 Å². The van der Waals surface area contributed by atoms with Crippen LogP contribution in [-0.4, -0.2) is 23.9 Å². The van der Waals surface area contributed by atoms with Crippen molar-refractivity contribution in [3.05, 3.63) is 77.4 Å². The fraction of sp³-hybridized carbons (Fsp3) is 0.182. The molecule has 164 valence electrons. The fourth-order valence-corrected chi connectivity index (χ4v) is 5.13. The van der Waals surface area contributed by atoms with E-state index in [2.05, 4.69) is 9.44 Å². The molecule has 0 aliphatic heterocycles. The van der Waals surface area contributed by atoms with E-state index in [-0.39, 0.29) is 15.5 Å². The lowest BCUT2D eigenvalue weighted by atomic mass is 10.1. The molecular formula is C22H24N2O5S2. The Morgan fingerprint density at radius 3 is 1.77 bits per heavy atom. The average molecular weight is 461 g/mol. The summed E-state index contributed by atoms with van der Waals surface area (Å²) in [6.45, 7) is 5.43. The van der Waals surface area contributed by atoms with Crippen LogP contribution in [0.15, 0.2) is 70.5 Å². The van der Waals surface area contributed by atoms with Gasteiger partial charge in [0.25, 0.3) is 20.0 Å². The molecule has 0 saturated carbocycles. The number of methoxy groups -OCH3 is 1. The van der Waals surface area contributed by atoms with Crippen molar-refractivity contribution in [3.63, 3.8) is 0 Å². The molecule has 0 radical (unpaired) electrons. The number of benzene rings is 3. The second-order valence-corrected chi connectivity index (χ2v) is 10.5. The SMILES string of the molecule is COc1ccc(NS(=O)(=O)c2ccc(C)c(NS(=O)(=O)c3ccc(C)c(C)c3)c2)cc1. The summed E-state index contributed by atoms with van der Waals surface area (Å²) in [5, 5.41) is 0. The van der Waals surface area contributed by atoms with Crippen LogP contribution in [0, 0.1) is 20.8 Å². The van der Waals surface area contributed by atoms with Gasteiger partial charge in [0.15, 0.2) is 0 Å². The predicted molar refractivity (Wildman–Crippen MR) is 122 cm³/mol. The van der Waals surface area contributed by atoms with Gasteiger partial charge < -0.3 is 4.74 Å². The molecule has 9 heteroatoms. The van der Waals surface area contributed by atoms with Gasteiger partial charge in [0.05, 0.1) is 22.6 Å². The molecule has 0 aliphatic rings. The normalized spacial score (nSPS) is 11.7. The Morgan fingerprint density at radius 1 is 0.645 bits per heavy atom. The first-order chi connectivity index (χ1) is 14.5. The molecule has 0 fully saturated rings. The van der Waals surface area contributed by atoms with E-state index in [0.717, 1.165) is 11.1 Å². The largest absolute Gasteiger partial charge is 0.497 e. The maximum atomic E-state index is 12.8. The number of aryl methyl sites for hydroxylation is 3. The summed E-state index contributed by atoms with van der Waals surface area (Å²) >= 11 is 0. The summed E-state index contributed by atoms with van der Waals surface area (Å²) in [6.07, 6.45) is 0. The van der Waals surface area contributed by atoms with Gasteiger partial charge in [0.1, 0.15) is 5.75 Å². The summed E-state index contributed by atoms with van der Waals surface area (Å²) < 4.78 is 61.4. The van der Waals surface area contributed by atoms with E-state index in [9.17, 15) is 16.8 Å². The highest BCUT2D eigenvalue weighted by molar-refractivity contribution is 7.93. The standard InChI is InChI=1S/C22H24N2O5S2/c1-15-5-11-20(13-17(15)3)31(27,28)24-22-14-21(12-6-16(22)2)30(25,26)23-18-7-9-19(29-4)10-8-18/h5-14,23-24H,1-4H3. The number of sulfonamides is 2. The molecule has 0 bridgehead atoms. The van der Waals surface area contributed by atoms with Crippen LogP contribution in [0.4, 0.5) is 11.4 Å². The molecular weight excluding hydrogens is 436 g/mol. The lowest BCUT2D eigenvalue weighted by Gasteiger charge is -2.14. The highest BCUT2D eigenvalue weighted by Crippen LogP contribution is 2.26. The van der Waals surface area contributed by atoms with E-state index < -0.39 is 20.0 Å². The molecule has 0 atom stereocenters. The van der Waals surface area contributed by atoms with Crippen LogP contribution in [0.2, 0.25) is 0 Å². The zero-order valence-electron chi connectivity index (χ0n) is 17.6. The van der Waals surface area contributed by atoms with Crippen molar-refractivity contribution in [1.29, 1.82) is 0 Å². The van der Waals surface area contributed by atoms with Crippen LogP contribution in [0.1, 0.15) is 16.7 Å². The summed E-state index contributed by atoms with van der Waals surface area (Å²) in [6, 6.07) is 15.5. The minimum Gasteiger partial charge on any atom is -0.497 e. The van der Waals surface area contributed by atoms with E-state index in [1.54, 1.807) is 49.4 Å². The van der Waals surface area contributed by atoms with Gasteiger partial charge >= 0.3 is 0 Å². The van der Waals surface area contributed by atoms with Crippen LogP contribution in [0.5, 0.6) is 5.75 Å². The van der Waals surface area contributed by atoms with Crippen LogP contribution in [-0.2, 0) is 20.0 Å². The predicted octanol–water partition coefficient (Wildman–Crippen LogP) is 4.22. The van der Waals surface area contributed by atoms with Crippen LogP contribution in [0.3, 0.4) is 0 Å². The summed E-state index contributed by atoms with van der Waals surface area (Å²) in [5.74, 6) is 0.598. The minimum absolute atomic E-state index is 0.0632. The van der Waals surface area contributed by atoms with Crippen molar-refractivity contribution in [2.24, 2.45) is 0 Å². The zero-order valence-corrected chi connectivity index (χ0v) is 19.3. The Labute approximate surface area is 183 Å². The van der Waals surface area contributed by atoms with Gasteiger partial charge in [0, 0.05) is 5.69 Å². The first kappa shape index (κ1) is 22.6. The van der Waals surface area contributed by atoms with E-state index in [1.807, 2.05) is 13.8 Å². The van der Waals surface area contributed by atoms with Crippen molar-refractivity contribution in [2.45, 2.75) is 30.6 Å². The second-order valence-electron chi connectivity index (χ2n) is 7.16. The quantitative estimate of drug-likeness (QED) is 0.550. The molecule has 7 nitrogen and oxygen atoms in total. The Morgan fingerprint density at radius 2 is 1.19 bits per heavy atom. The number of hydrogen-bond acceptors (Lipinski definition) is 5. The van der Waals surface area contributed by atoms with Crippen molar-refractivity contribution in [1.82, 2.24) is 0 Å². The number of rotatable bonds is 7. The highest BCUT2D eigenvalue weighted by atomic mass is 32.2. The minimum atomic E-state index is -3.93. The topological polar surface area (TPSA) is 102 Å². The van der Waals surface area contributed by atoms with Crippen molar-refractivity contribution >= 4 is 31.4 Å². The van der Waals surface area contributed by atoms with Crippen molar-refractivity contribution < 1.29 is 21.6 Å². The van der Waals surface area contributed by atoms with Gasteiger partial charge in [-0.1, -0.05) is 12.1 Å². The third-order valence-corrected chi connectivity index (χ3v) is 7.64. The van der Waals surface area contributed by atoms with E-state index in [1.165, 1.54) is 25.3 Å². The average Bonchev–Trinajstić information content (AvgIpc) is 2.71. The Bertz CT molecular complexity index is 1320. The Balaban J connectivity index is 1.90. The number of anilines is 2. The van der Waals surface area contributed by atoms with Crippen LogP contribution in [0.25, 0.3) is 0 Å². The first-order valence-electron chi connectivity index (χ1n) is 9.39.